The molecule has 2 heterocycles. The molecule has 0 saturated carbocycles. The van der Waals surface area contributed by atoms with E-state index in [1.807, 2.05) is 13.8 Å². The summed E-state index contributed by atoms with van der Waals surface area (Å²) in [5, 5.41) is 0. The smallest absolute Gasteiger partial charge is 0.0589 e. The second-order valence-electron chi connectivity index (χ2n) is 4.52. The van der Waals surface area contributed by atoms with Gasteiger partial charge in [-0.3, -0.25) is 9.80 Å². The van der Waals surface area contributed by atoms with Crippen molar-refractivity contribution in [2.24, 2.45) is 0 Å². The molecule has 2 unspecified atom stereocenters. The third-order valence-corrected chi connectivity index (χ3v) is 3.63. The van der Waals surface area contributed by atoms with E-state index in [1.54, 1.807) is 14.2 Å². The summed E-state index contributed by atoms with van der Waals surface area (Å²) in [6.07, 6.45) is 1.34. The molecule has 2 fully saturated rings. The normalized spacial score (nSPS) is 28.2. The van der Waals surface area contributed by atoms with Crippen molar-refractivity contribution in [1.82, 2.24) is 9.80 Å². The van der Waals surface area contributed by atoms with Crippen LogP contribution in [0.5, 0.6) is 0 Å². The Kier molecular flexibility index (Phi) is 7.04. The maximum Gasteiger partial charge on any atom is 0.0589 e. The Labute approximate surface area is 106 Å². The zero-order valence-corrected chi connectivity index (χ0v) is 11.8. The van der Waals surface area contributed by atoms with Crippen LogP contribution in [0.3, 0.4) is 0 Å². The van der Waals surface area contributed by atoms with E-state index in [4.69, 9.17) is 9.47 Å². The first-order chi connectivity index (χ1) is 8.35. The largest absolute Gasteiger partial charge is 0.383 e. The molecule has 0 aromatic rings. The average molecular weight is 244 g/mol. The molecule has 2 aliphatic heterocycles. The van der Waals surface area contributed by atoms with Crippen LogP contribution in [0.1, 0.15) is 20.3 Å². The molecule has 0 N–H and O–H groups in total. The molecule has 0 amide bonds. The molecule has 2 rings (SSSR count). The van der Waals surface area contributed by atoms with Gasteiger partial charge in [-0.1, -0.05) is 13.8 Å². The van der Waals surface area contributed by atoms with Crippen LogP contribution in [0.4, 0.5) is 0 Å². The average Bonchev–Trinajstić information content (AvgIpc) is 2.95. The number of nitrogens with zero attached hydrogens (tertiary/aromatic N) is 2. The molecule has 17 heavy (non-hydrogen) atoms. The van der Waals surface area contributed by atoms with Crippen LogP contribution in [0.25, 0.3) is 0 Å². The van der Waals surface area contributed by atoms with Gasteiger partial charge in [0.15, 0.2) is 0 Å². The van der Waals surface area contributed by atoms with E-state index < -0.39 is 0 Å². The third kappa shape index (κ3) is 3.91. The van der Waals surface area contributed by atoms with Gasteiger partial charge in [0.2, 0.25) is 0 Å². The number of likely N-dealkylation sites (tertiary alicyclic amines) is 2. The molecule has 2 aliphatic rings. The van der Waals surface area contributed by atoms with E-state index in [0.29, 0.717) is 0 Å². The van der Waals surface area contributed by atoms with E-state index in [-0.39, 0.29) is 0 Å². The maximum absolute atomic E-state index is 5.13. The van der Waals surface area contributed by atoms with Gasteiger partial charge in [-0.05, 0) is 6.42 Å². The van der Waals surface area contributed by atoms with Crippen LogP contribution < -0.4 is 0 Å². The molecule has 4 nitrogen and oxygen atoms in total. The molecule has 0 aromatic carbocycles. The monoisotopic (exact) mass is 244 g/mol. The number of methoxy groups -OCH3 is 2. The molecule has 0 aromatic heterocycles. The Morgan fingerprint density at radius 2 is 1.29 bits per heavy atom. The zero-order chi connectivity index (χ0) is 12.7. The Bertz CT molecular complexity index is 182. The van der Waals surface area contributed by atoms with Gasteiger partial charge in [0.1, 0.15) is 0 Å². The number of piperazine rings is 1. The first kappa shape index (κ1) is 14.9. The molecule has 2 saturated heterocycles. The van der Waals surface area contributed by atoms with Crippen LogP contribution in [-0.4, -0.2) is 75.5 Å². The molecular weight excluding hydrogens is 216 g/mol. The van der Waals surface area contributed by atoms with Gasteiger partial charge >= 0.3 is 0 Å². The number of hydrogen-bond donors (Lipinski definition) is 0. The maximum atomic E-state index is 5.13. The highest BCUT2D eigenvalue weighted by molar-refractivity contribution is 4.99. The third-order valence-electron chi connectivity index (χ3n) is 3.63. The van der Waals surface area contributed by atoms with Crippen molar-refractivity contribution in [2.75, 3.05) is 53.6 Å². The van der Waals surface area contributed by atoms with Crippen LogP contribution in [0, 0.1) is 0 Å². The van der Waals surface area contributed by atoms with Gasteiger partial charge in [-0.15, -0.1) is 0 Å². The van der Waals surface area contributed by atoms with Gasteiger partial charge in [-0.25, -0.2) is 0 Å². The van der Waals surface area contributed by atoms with Crippen molar-refractivity contribution < 1.29 is 9.47 Å². The molecule has 2 atom stereocenters. The summed E-state index contributed by atoms with van der Waals surface area (Å²) in [6, 6.07) is 1.53. The van der Waals surface area contributed by atoms with Gasteiger partial charge in [0.05, 0.1) is 13.2 Å². The van der Waals surface area contributed by atoms with Gasteiger partial charge in [-0.2, -0.15) is 0 Å². The Hall–Kier alpha value is -0.160. The number of hydrogen-bond acceptors (Lipinski definition) is 4. The predicted octanol–water partition coefficient (Wildman–Crippen LogP) is 1.06. The van der Waals surface area contributed by atoms with E-state index in [0.717, 1.165) is 38.4 Å². The minimum atomic E-state index is 0.766. The fourth-order valence-electron chi connectivity index (χ4n) is 2.80. The number of ether oxygens (including phenoxy) is 2. The quantitative estimate of drug-likeness (QED) is 0.697. The predicted molar refractivity (Wildman–Crippen MR) is 70.4 cm³/mol. The first-order valence-corrected chi connectivity index (χ1v) is 6.81. The van der Waals surface area contributed by atoms with Crippen LogP contribution in [0.2, 0.25) is 0 Å². The summed E-state index contributed by atoms with van der Waals surface area (Å²) in [4.78, 5) is 5.13. The summed E-state index contributed by atoms with van der Waals surface area (Å²) in [5.74, 6) is 0. The van der Waals surface area contributed by atoms with Crippen molar-refractivity contribution in [3.63, 3.8) is 0 Å². The minimum Gasteiger partial charge on any atom is -0.383 e. The van der Waals surface area contributed by atoms with Gasteiger partial charge < -0.3 is 9.47 Å². The fraction of sp³-hybridized carbons (Fsp3) is 1.00. The molecule has 2 bridgehead atoms. The topological polar surface area (TPSA) is 24.9 Å². The number of fused-ring (bicyclic) bond motifs is 2. The van der Waals surface area contributed by atoms with Gasteiger partial charge in [0.25, 0.3) is 0 Å². The first-order valence-electron chi connectivity index (χ1n) is 6.81. The van der Waals surface area contributed by atoms with E-state index in [1.165, 1.54) is 19.5 Å². The fourth-order valence-corrected chi connectivity index (χ4v) is 2.80. The standard InChI is InChI=1S/C11H22N2O2.C2H6/c1-14-5-3-12-8-11-7-10(12)9-13(11)4-6-15-2;1-2/h10-11H,3-9H2,1-2H3;1-2H3. The number of rotatable bonds is 6. The second-order valence-corrected chi connectivity index (χ2v) is 4.52. The van der Waals surface area contributed by atoms with Crippen LogP contribution in [-0.2, 0) is 9.47 Å². The van der Waals surface area contributed by atoms with Gasteiger partial charge in [0, 0.05) is 52.5 Å². The van der Waals surface area contributed by atoms with E-state index in [2.05, 4.69) is 9.80 Å². The molecule has 0 aliphatic carbocycles. The van der Waals surface area contributed by atoms with Crippen molar-refractivity contribution in [3.8, 4) is 0 Å². The highest BCUT2D eigenvalue weighted by Crippen LogP contribution is 2.29. The van der Waals surface area contributed by atoms with Crippen molar-refractivity contribution in [1.29, 1.82) is 0 Å². The van der Waals surface area contributed by atoms with Crippen LogP contribution in [0.15, 0.2) is 0 Å². The highest BCUT2D eigenvalue weighted by atomic mass is 16.5. The molecule has 0 spiro atoms. The van der Waals surface area contributed by atoms with E-state index in [9.17, 15) is 0 Å². The molecule has 102 valence electrons. The van der Waals surface area contributed by atoms with Crippen molar-refractivity contribution in [3.05, 3.63) is 0 Å². The lowest BCUT2D eigenvalue weighted by atomic mass is 10.2. The summed E-state index contributed by atoms with van der Waals surface area (Å²) < 4.78 is 10.3. The van der Waals surface area contributed by atoms with Crippen molar-refractivity contribution in [2.45, 2.75) is 32.4 Å². The van der Waals surface area contributed by atoms with Crippen LogP contribution >= 0.6 is 0 Å². The van der Waals surface area contributed by atoms with Crippen molar-refractivity contribution >= 4 is 0 Å². The summed E-state index contributed by atoms with van der Waals surface area (Å²) in [5.41, 5.74) is 0. The molecule has 4 heteroatoms. The summed E-state index contributed by atoms with van der Waals surface area (Å²) in [7, 11) is 3.55. The molecule has 0 radical (unpaired) electrons. The Balaban J connectivity index is 0.000000686. The lowest BCUT2D eigenvalue weighted by Crippen LogP contribution is -2.48. The zero-order valence-electron chi connectivity index (χ0n) is 11.8. The SMILES string of the molecule is CC.COCCN1CC2CC1CN2CCOC. The summed E-state index contributed by atoms with van der Waals surface area (Å²) in [6.45, 7) is 10.4. The van der Waals surface area contributed by atoms with E-state index >= 15 is 0 Å². The molecular formula is C13H28N2O2. The lowest BCUT2D eigenvalue weighted by molar-refractivity contribution is 0.0763. The Morgan fingerprint density at radius 3 is 1.59 bits per heavy atom. The lowest BCUT2D eigenvalue weighted by Gasteiger charge is -2.33. The Morgan fingerprint density at radius 1 is 0.882 bits per heavy atom. The second kappa shape index (κ2) is 8.03. The summed E-state index contributed by atoms with van der Waals surface area (Å²) >= 11 is 0. The highest BCUT2D eigenvalue weighted by Gasteiger charge is 2.42. The minimum absolute atomic E-state index is 0.766.